The first kappa shape index (κ1) is 13.5. The molecule has 2 aromatic carbocycles. The zero-order chi connectivity index (χ0) is 14.8. The highest BCUT2D eigenvalue weighted by Crippen LogP contribution is 2.26. The minimum absolute atomic E-state index is 0.293. The molecule has 1 atom stereocenters. The molecule has 4 heteroatoms. The standard InChI is InChI=1S/C17H14F2N2/c1-11(14-8-7-13(18)10-15(14)19)21-16-6-2-4-12-5-3-9-20-17(12)16/h2-11,21H,1H3. The number of anilines is 1. The molecule has 0 spiro atoms. The maximum Gasteiger partial charge on any atom is 0.131 e. The number of nitrogens with zero attached hydrogens (tertiary/aromatic N) is 1. The molecule has 3 rings (SSSR count). The van der Waals surface area contributed by atoms with Gasteiger partial charge in [-0.25, -0.2) is 8.78 Å². The molecule has 1 aromatic heterocycles. The maximum absolute atomic E-state index is 13.8. The van der Waals surface area contributed by atoms with E-state index in [1.54, 1.807) is 6.20 Å². The van der Waals surface area contributed by atoms with Crippen molar-refractivity contribution in [3.8, 4) is 0 Å². The normalized spacial score (nSPS) is 12.3. The van der Waals surface area contributed by atoms with Crippen molar-refractivity contribution in [2.24, 2.45) is 0 Å². The zero-order valence-corrected chi connectivity index (χ0v) is 11.5. The molecule has 0 amide bonds. The van der Waals surface area contributed by atoms with Crippen LogP contribution in [0.5, 0.6) is 0 Å². The average Bonchev–Trinajstić information content (AvgIpc) is 2.47. The van der Waals surface area contributed by atoms with Crippen LogP contribution in [0, 0.1) is 11.6 Å². The van der Waals surface area contributed by atoms with Gasteiger partial charge in [-0.15, -0.1) is 0 Å². The molecule has 3 aromatic rings. The predicted octanol–water partition coefficient (Wildman–Crippen LogP) is 4.69. The molecule has 0 radical (unpaired) electrons. The Morgan fingerprint density at radius 2 is 1.86 bits per heavy atom. The highest BCUT2D eigenvalue weighted by atomic mass is 19.1. The van der Waals surface area contributed by atoms with Crippen molar-refractivity contribution in [2.75, 3.05) is 5.32 Å². The van der Waals surface area contributed by atoms with Gasteiger partial charge in [0.25, 0.3) is 0 Å². The Kier molecular flexibility index (Phi) is 3.52. The summed E-state index contributed by atoms with van der Waals surface area (Å²) in [5, 5.41) is 4.25. The number of rotatable bonds is 3. The minimum atomic E-state index is -0.574. The van der Waals surface area contributed by atoms with Gasteiger partial charge >= 0.3 is 0 Å². The second-order valence-electron chi connectivity index (χ2n) is 4.91. The predicted molar refractivity (Wildman–Crippen MR) is 80.1 cm³/mol. The van der Waals surface area contributed by atoms with Crippen LogP contribution in [0.25, 0.3) is 10.9 Å². The van der Waals surface area contributed by atoms with Crippen molar-refractivity contribution >= 4 is 16.6 Å². The van der Waals surface area contributed by atoms with Crippen LogP contribution in [0.4, 0.5) is 14.5 Å². The van der Waals surface area contributed by atoms with E-state index in [-0.39, 0.29) is 6.04 Å². The number of para-hydroxylation sites is 1. The van der Waals surface area contributed by atoms with Crippen LogP contribution in [0.15, 0.2) is 54.7 Å². The number of hydrogen-bond acceptors (Lipinski definition) is 2. The van der Waals surface area contributed by atoms with Gasteiger partial charge in [-0.2, -0.15) is 0 Å². The summed E-state index contributed by atoms with van der Waals surface area (Å²) in [5.41, 5.74) is 2.07. The van der Waals surface area contributed by atoms with E-state index in [2.05, 4.69) is 10.3 Å². The summed E-state index contributed by atoms with van der Waals surface area (Å²) in [6.07, 6.45) is 1.72. The monoisotopic (exact) mass is 284 g/mol. The number of aromatic nitrogens is 1. The zero-order valence-electron chi connectivity index (χ0n) is 11.5. The summed E-state index contributed by atoms with van der Waals surface area (Å²) in [5.74, 6) is -1.13. The van der Waals surface area contributed by atoms with Gasteiger partial charge in [-0.1, -0.05) is 24.3 Å². The minimum Gasteiger partial charge on any atom is -0.377 e. The Morgan fingerprint density at radius 3 is 2.67 bits per heavy atom. The molecule has 2 nitrogen and oxygen atoms in total. The van der Waals surface area contributed by atoms with Crippen molar-refractivity contribution in [3.05, 3.63) is 71.9 Å². The molecule has 21 heavy (non-hydrogen) atoms. The van der Waals surface area contributed by atoms with Crippen LogP contribution in [0.1, 0.15) is 18.5 Å². The van der Waals surface area contributed by atoms with E-state index in [1.807, 2.05) is 37.3 Å². The molecule has 0 saturated carbocycles. The smallest absolute Gasteiger partial charge is 0.131 e. The van der Waals surface area contributed by atoms with Crippen molar-refractivity contribution < 1.29 is 8.78 Å². The van der Waals surface area contributed by atoms with Gasteiger partial charge in [-0.05, 0) is 25.1 Å². The molecule has 0 fully saturated rings. The summed E-state index contributed by atoms with van der Waals surface area (Å²) >= 11 is 0. The van der Waals surface area contributed by atoms with Crippen LogP contribution < -0.4 is 5.32 Å². The van der Waals surface area contributed by atoms with E-state index in [9.17, 15) is 8.78 Å². The van der Waals surface area contributed by atoms with Crippen LogP contribution in [-0.4, -0.2) is 4.98 Å². The number of halogens is 2. The molecule has 1 heterocycles. The van der Waals surface area contributed by atoms with Gasteiger partial charge in [0.15, 0.2) is 0 Å². The first-order chi connectivity index (χ1) is 10.1. The highest BCUT2D eigenvalue weighted by Gasteiger charge is 2.13. The number of hydrogen-bond donors (Lipinski definition) is 1. The maximum atomic E-state index is 13.8. The van der Waals surface area contributed by atoms with Gasteiger partial charge in [-0.3, -0.25) is 4.98 Å². The molecule has 0 aliphatic rings. The van der Waals surface area contributed by atoms with Crippen molar-refractivity contribution in [3.63, 3.8) is 0 Å². The number of fused-ring (bicyclic) bond motifs is 1. The van der Waals surface area contributed by atoms with E-state index < -0.39 is 11.6 Å². The first-order valence-electron chi connectivity index (χ1n) is 6.70. The van der Waals surface area contributed by atoms with Gasteiger partial charge in [0.1, 0.15) is 11.6 Å². The third-order valence-electron chi connectivity index (χ3n) is 3.43. The average molecular weight is 284 g/mol. The number of benzene rings is 2. The molecule has 1 N–H and O–H groups in total. The highest BCUT2D eigenvalue weighted by molar-refractivity contribution is 5.90. The largest absolute Gasteiger partial charge is 0.377 e. The van der Waals surface area contributed by atoms with E-state index in [4.69, 9.17) is 0 Å². The molecule has 0 saturated heterocycles. The van der Waals surface area contributed by atoms with Crippen LogP contribution >= 0.6 is 0 Å². The van der Waals surface area contributed by atoms with Gasteiger partial charge in [0.2, 0.25) is 0 Å². The van der Waals surface area contributed by atoms with Gasteiger partial charge < -0.3 is 5.32 Å². The quantitative estimate of drug-likeness (QED) is 0.755. The number of nitrogens with one attached hydrogen (secondary N) is 1. The number of pyridine rings is 1. The lowest BCUT2D eigenvalue weighted by Crippen LogP contribution is -2.09. The Morgan fingerprint density at radius 1 is 1.05 bits per heavy atom. The topological polar surface area (TPSA) is 24.9 Å². The second kappa shape index (κ2) is 5.48. The summed E-state index contributed by atoms with van der Waals surface area (Å²) in [4.78, 5) is 4.35. The fourth-order valence-electron chi connectivity index (χ4n) is 2.38. The third-order valence-corrected chi connectivity index (χ3v) is 3.43. The lowest BCUT2D eigenvalue weighted by molar-refractivity contribution is 0.566. The fraction of sp³-hybridized carbons (Fsp3) is 0.118. The Labute approximate surface area is 121 Å². The molecule has 0 aliphatic heterocycles. The first-order valence-corrected chi connectivity index (χ1v) is 6.70. The molecule has 0 aliphatic carbocycles. The summed E-state index contributed by atoms with van der Waals surface area (Å²) in [7, 11) is 0. The molecular formula is C17H14F2N2. The van der Waals surface area contributed by atoms with Crippen molar-refractivity contribution in [1.82, 2.24) is 4.98 Å². The fourth-order valence-corrected chi connectivity index (χ4v) is 2.38. The Bertz CT molecular complexity index is 781. The van der Waals surface area contributed by atoms with E-state index in [1.165, 1.54) is 12.1 Å². The van der Waals surface area contributed by atoms with Gasteiger partial charge in [0.05, 0.1) is 17.2 Å². The second-order valence-corrected chi connectivity index (χ2v) is 4.91. The molecule has 1 unspecified atom stereocenters. The Hall–Kier alpha value is -2.49. The van der Waals surface area contributed by atoms with Gasteiger partial charge in [0, 0.05) is 23.2 Å². The lowest BCUT2D eigenvalue weighted by atomic mass is 10.1. The summed E-state index contributed by atoms with van der Waals surface area (Å²) in [6, 6.07) is 12.9. The van der Waals surface area contributed by atoms with Crippen LogP contribution in [-0.2, 0) is 0 Å². The summed E-state index contributed by atoms with van der Waals surface area (Å²) < 4.78 is 26.8. The van der Waals surface area contributed by atoms with Crippen molar-refractivity contribution in [2.45, 2.75) is 13.0 Å². The molecular weight excluding hydrogens is 270 g/mol. The molecule has 106 valence electrons. The van der Waals surface area contributed by atoms with E-state index >= 15 is 0 Å². The summed E-state index contributed by atoms with van der Waals surface area (Å²) in [6.45, 7) is 1.83. The third kappa shape index (κ3) is 2.70. The van der Waals surface area contributed by atoms with Crippen LogP contribution in [0.3, 0.4) is 0 Å². The van der Waals surface area contributed by atoms with Crippen molar-refractivity contribution in [1.29, 1.82) is 0 Å². The van der Waals surface area contributed by atoms with E-state index in [0.717, 1.165) is 22.7 Å². The van der Waals surface area contributed by atoms with Crippen LogP contribution in [0.2, 0.25) is 0 Å². The Balaban J connectivity index is 1.94. The molecule has 0 bridgehead atoms. The SMILES string of the molecule is CC(Nc1cccc2cccnc12)c1ccc(F)cc1F. The lowest BCUT2D eigenvalue weighted by Gasteiger charge is -2.17. The van der Waals surface area contributed by atoms with E-state index in [0.29, 0.717) is 5.56 Å².